The summed E-state index contributed by atoms with van der Waals surface area (Å²) in [6.07, 6.45) is 4.47. The first kappa shape index (κ1) is 41.9. The highest BCUT2D eigenvalue weighted by molar-refractivity contribution is 7.92. The van der Waals surface area contributed by atoms with E-state index >= 15 is 0 Å². The summed E-state index contributed by atoms with van der Waals surface area (Å²) in [5.41, 5.74) is 3.76. The third-order valence-electron chi connectivity index (χ3n) is 9.78. The third kappa shape index (κ3) is 10.8. The summed E-state index contributed by atoms with van der Waals surface area (Å²) in [5.74, 6) is 1.94. The van der Waals surface area contributed by atoms with Crippen LogP contribution in [0.25, 0.3) is 10.8 Å². The number of benzene rings is 4. The summed E-state index contributed by atoms with van der Waals surface area (Å²) in [5, 5.41) is 7.29. The highest BCUT2D eigenvalue weighted by Gasteiger charge is 2.23. The van der Waals surface area contributed by atoms with Crippen LogP contribution in [0.15, 0.2) is 85.1 Å². The van der Waals surface area contributed by atoms with Crippen LogP contribution in [0.5, 0.6) is 23.0 Å². The number of nitrogens with zero attached hydrogens (tertiary/aromatic N) is 2. The number of hydrogen-bond donors (Lipinski definition) is 3. The van der Waals surface area contributed by atoms with Gasteiger partial charge in [-0.25, -0.2) is 13.2 Å². The van der Waals surface area contributed by atoms with Crippen LogP contribution in [0.3, 0.4) is 0 Å². The van der Waals surface area contributed by atoms with E-state index in [2.05, 4.69) is 25.2 Å². The fourth-order valence-electron chi connectivity index (χ4n) is 6.85. The number of rotatable bonds is 15. The van der Waals surface area contributed by atoms with Crippen LogP contribution >= 0.6 is 0 Å². The summed E-state index contributed by atoms with van der Waals surface area (Å²) < 4.78 is 49.9. The molecule has 1 fully saturated rings. The molecule has 14 heteroatoms. The summed E-state index contributed by atoms with van der Waals surface area (Å²) in [4.78, 5) is 33.5. The molecular formula is C44H51N5O8S. The number of methoxy groups -OCH3 is 2. The van der Waals surface area contributed by atoms with E-state index in [4.69, 9.17) is 18.9 Å². The maximum absolute atomic E-state index is 13.5. The Morgan fingerprint density at radius 1 is 0.845 bits per heavy atom. The van der Waals surface area contributed by atoms with Gasteiger partial charge in [-0.3, -0.25) is 19.4 Å². The van der Waals surface area contributed by atoms with E-state index in [1.165, 1.54) is 7.11 Å². The molecule has 13 nitrogen and oxygen atoms in total. The van der Waals surface area contributed by atoms with E-state index in [1.54, 1.807) is 43.6 Å². The number of ketones is 1. The van der Waals surface area contributed by atoms with Gasteiger partial charge in [-0.1, -0.05) is 51.1 Å². The topological polar surface area (TPSA) is 157 Å². The molecule has 1 aliphatic heterocycles. The van der Waals surface area contributed by atoms with E-state index in [9.17, 15) is 18.0 Å². The van der Waals surface area contributed by atoms with E-state index in [1.807, 2.05) is 69.3 Å². The van der Waals surface area contributed by atoms with Gasteiger partial charge in [0.1, 0.15) is 17.2 Å². The minimum absolute atomic E-state index is 0.0587. The van der Waals surface area contributed by atoms with Gasteiger partial charge in [0, 0.05) is 54.7 Å². The predicted molar refractivity (Wildman–Crippen MR) is 228 cm³/mol. The molecular weight excluding hydrogens is 759 g/mol. The van der Waals surface area contributed by atoms with Crippen molar-refractivity contribution >= 4 is 49.7 Å². The maximum atomic E-state index is 13.5. The lowest BCUT2D eigenvalue weighted by molar-refractivity contribution is 0.0371. The molecule has 4 aromatic carbocycles. The first-order valence-corrected chi connectivity index (χ1v) is 21.0. The van der Waals surface area contributed by atoms with Gasteiger partial charge >= 0.3 is 6.03 Å². The van der Waals surface area contributed by atoms with Gasteiger partial charge in [0.2, 0.25) is 10.0 Å². The number of anilines is 3. The van der Waals surface area contributed by atoms with E-state index in [0.29, 0.717) is 47.0 Å². The molecule has 0 saturated carbocycles. The molecule has 306 valence electrons. The SMILES string of the molecule is COc1cc(Cc2cc(Oc3ccc(NC(=O)Nc4cc(C(C)(C)C)cc(NS(C)(=O)=O)c4OC)c4ccccc34)ccn2)ccc1C(=O)CCCN1CCOCC1. The molecule has 3 N–H and O–H groups in total. The Kier molecular flexibility index (Phi) is 13.2. The summed E-state index contributed by atoms with van der Waals surface area (Å²) >= 11 is 0. The van der Waals surface area contributed by atoms with E-state index in [-0.39, 0.29) is 22.6 Å². The van der Waals surface area contributed by atoms with Crippen molar-refractivity contribution in [3.63, 3.8) is 0 Å². The van der Waals surface area contributed by atoms with Crippen molar-refractivity contribution < 1.29 is 37.0 Å². The zero-order valence-electron chi connectivity index (χ0n) is 33.8. The zero-order chi connectivity index (χ0) is 41.5. The van der Waals surface area contributed by atoms with Gasteiger partial charge in [-0.15, -0.1) is 0 Å². The number of hydrogen-bond acceptors (Lipinski definition) is 10. The van der Waals surface area contributed by atoms with Crippen molar-refractivity contribution in [2.24, 2.45) is 0 Å². The molecule has 1 aliphatic rings. The molecule has 0 radical (unpaired) electrons. The highest BCUT2D eigenvalue weighted by Crippen LogP contribution is 2.40. The normalized spacial score (nSPS) is 13.5. The average molecular weight is 810 g/mol. The first-order chi connectivity index (χ1) is 27.7. The van der Waals surface area contributed by atoms with Crippen LogP contribution in [0.4, 0.5) is 21.9 Å². The van der Waals surface area contributed by atoms with Crippen molar-refractivity contribution in [2.75, 3.05) is 68.7 Å². The molecule has 2 heterocycles. The number of ether oxygens (including phenoxy) is 4. The molecule has 6 rings (SSSR count). The minimum Gasteiger partial charge on any atom is -0.496 e. The Bertz CT molecular complexity index is 2390. The molecule has 1 aromatic heterocycles. The molecule has 5 aromatic rings. The van der Waals surface area contributed by atoms with Gasteiger partial charge < -0.3 is 29.6 Å². The fourth-order valence-corrected chi connectivity index (χ4v) is 7.40. The second-order valence-corrected chi connectivity index (χ2v) is 17.0. The summed E-state index contributed by atoms with van der Waals surface area (Å²) in [6.45, 7) is 10.1. The number of nitrogens with one attached hydrogen (secondary N) is 3. The second kappa shape index (κ2) is 18.3. The quantitative estimate of drug-likeness (QED) is 0.0880. The number of morpholine rings is 1. The zero-order valence-corrected chi connectivity index (χ0v) is 34.6. The number of carbonyl (C=O) groups is 2. The monoisotopic (exact) mass is 809 g/mol. The maximum Gasteiger partial charge on any atom is 0.323 e. The van der Waals surface area contributed by atoms with Crippen LogP contribution in [0.2, 0.25) is 0 Å². The molecule has 0 unspecified atom stereocenters. The molecule has 58 heavy (non-hydrogen) atoms. The number of urea groups is 1. The van der Waals surface area contributed by atoms with Gasteiger partial charge in [0.05, 0.1) is 56.3 Å². The van der Waals surface area contributed by atoms with Crippen LogP contribution in [0, 0.1) is 0 Å². The van der Waals surface area contributed by atoms with Crippen molar-refractivity contribution in [1.82, 2.24) is 9.88 Å². The number of Topliss-reactive ketones (excluding diaryl/α,β-unsaturated/α-hetero) is 1. The highest BCUT2D eigenvalue weighted by atomic mass is 32.2. The Morgan fingerprint density at radius 3 is 2.28 bits per heavy atom. The fraction of sp³-hybridized carbons (Fsp3) is 0.341. The van der Waals surface area contributed by atoms with E-state index in [0.717, 1.165) is 73.1 Å². The number of amides is 2. The van der Waals surface area contributed by atoms with Crippen molar-refractivity contribution in [1.29, 1.82) is 0 Å². The molecule has 0 spiro atoms. The Labute approximate surface area is 340 Å². The van der Waals surface area contributed by atoms with E-state index < -0.39 is 16.1 Å². The van der Waals surface area contributed by atoms with Crippen LogP contribution in [-0.2, 0) is 26.6 Å². The van der Waals surface area contributed by atoms with Crippen LogP contribution < -0.4 is 29.6 Å². The van der Waals surface area contributed by atoms with Gasteiger partial charge in [0.15, 0.2) is 11.5 Å². The van der Waals surface area contributed by atoms with Crippen molar-refractivity contribution in [3.05, 3.63) is 107 Å². The van der Waals surface area contributed by atoms with Crippen LogP contribution in [0.1, 0.15) is 60.8 Å². The molecule has 0 aliphatic carbocycles. The summed E-state index contributed by atoms with van der Waals surface area (Å²) in [6, 6.07) is 23.3. The molecule has 0 bridgehead atoms. The Balaban J connectivity index is 1.15. The van der Waals surface area contributed by atoms with Crippen molar-refractivity contribution in [3.8, 4) is 23.0 Å². The number of fused-ring (bicyclic) bond motifs is 1. The standard InChI is InChI=1S/C44H51N5O8S/c1-44(2,3)30-26-37(42(55-5)38(27-30)48-58(6,52)53)47-43(51)46-36-15-16-40(34-11-8-7-10-33(34)36)57-32-17-18-45-31(28-32)24-29-13-14-35(41(25-29)54-4)39(50)12-9-19-49-20-22-56-23-21-49/h7-8,10-11,13-18,25-28,48H,9,12,19-24H2,1-6H3,(H2,46,47,51). The lowest BCUT2D eigenvalue weighted by atomic mass is 9.86. The molecule has 0 atom stereocenters. The number of pyridine rings is 1. The average Bonchev–Trinajstić information content (AvgIpc) is 3.18. The van der Waals surface area contributed by atoms with Crippen molar-refractivity contribution in [2.45, 2.75) is 45.4 Å². The lowest BCUT2D eigenvalue weighted by Gasteiger charge is -2.26. The lowest BCUT2D eigenvalue weighted by Crippen LogP contribution is -2.36. The summed E-state index contributed by atoms with van der Waals surface area (Å²) in [7, 11) is -0.650. The number of carbonyl (C=O) groups excluding carboxylic acids is 2. The smallest absolute Gasteiger partial charge is 0.323 e. The Hall–Kier alpha value is -5.70. The number of sulfonamides is 1. The largest absolute Gasteiger partial charge is 0.496 e. The Morgan fingerprint density at radius 2 is 1.57 bits per heavy atom. The van der Waals surface area contributed by atoms with Gasteiger partial charge in [-0.05, 0) is 72.0 Å². The minimum atomic E-state index is -3.64. The van der Waals surface area contributed by atoms with Gasteiger partial charge in [0.25, 0.3) is 0 Å². The number of aromatic nitrogens is 1. The first-order valence-electron chi connectivity index (χ1n) is 19.1. The third-order valence-corrected chi connectivity index (χ3v) is 10.4. The molecule has 2 amide bonds. The second-order valence-electron chi connectivity index (χ2n) is 15.2. The van der Waals surface area contributed by atoms with Gasteiger partial charge in [-0.2, -0.15) is 0 Å². The predicted octanol–water partition coefficient (Wildman–Crippen LogP) is 8.24. The van der Waals surface area contributed by atoms with Crippen LogP contribution in [-0.4, -0.2) is 83.4 Å². The molecule has 1 saturated heterocycles.